The number of nitrogens with zero attached hydrogens (tertiary/aromatic N) is 1. The average Bonchev–Trinajstić information content (AvgIpc) is 3.03. The van der Waals surface area contributed by atoms with Gasteiger partial charge in [0.05, 0.1) is 5.39 Å². The summed E-state index contributed by atoms with van der Waals surface area (Å²) < 4.78 is 10.9. The molecule has 2 aromatic heterocycles. The summed E-state index contributed by atoms with van der Waals surface area (Å²) >= 11 is 1.58. The van der Waals surface area contributed by atoms with E-state index in [1.165, 1.54) is 4.88 Å². The van der Waals surface area contributed by atoms with Crippen molar-refractivity contribution in [1.29, 1.82) is 0 Å². The van der Waals surface area contributed by atoms with Crippen LogP contribution in [0.5, 0.6) is 5.75 Å². The fraction of sp³-hybridized carbons (Fsp3) is 0.409. The molecule has 6 nitrogen and oxygen atoms in total. The van der Waals surface area contributed by atoms with Crippen LogP contribution >= 0.6 is 11.3 Å². The number of aromatic amines is 1. The van der Waals surface area contributed by atoms with Crippen LogP contribution in [0.25, 0.3) is 10.2 Å². The molecule has 3 aromatic rings. The highest BCUT2D eigenvalue weighted by Gasteiger charge is 2.23. The highest BCUT2D eigenvalue weighted by atomic mass is 32.1. The molecule has 0 saturated carbocycles. The Morgan fingerprint density at radius 2 is 2.07 bits per heavy atom. The van der Waals surface area contributed by atoms with Gasteiger partial charge in [-0.3, -0.25) is 4.79 Å². The average molecular weight is 413 g/mol. The third-order valence-corrected chi connectivity index (χ3v) is 6.48. The molecular weight excluding hydrogens is 388 g/mol. The Labute approximate surface area is 172 Å². The molecule has 1 aromatic carbocycles. The third kappa shape index (κ3) is 4.05. The Hall–Kier alpha value is -2.67. The highest BCUT2D eigenvalue weighted by Crippen LogP contribution is 2.35. The second-order valence-corrected chi connectivity index (χ2v) is 8.80. The summed E-state index contributed by atoms with van der Waals surface area (Å²) in [6.45, 7) is 5.82. The lowest BCUT2D eigenvalue weighted by Crippen LogP contribution is -2.18. The molecule has 0 radical (unpaired) electrons. The molecule has 0 aliphatic heterocycles. The number of H-pyrrole nitrogens is 1. The number of rotatable bonds is 5. The summed E-state index contributed by atoms with van der Waals surface area (Å²) in [5.74, 6) is 1.17. The molecule has 1 aliphatic carbocycles. The lowest BCUT2D eigenvalue weighted by molar-refractivity contribution is -0.147. The topological polar surface area (TPSA) is 81.3 Å². The van der Waals surface area contributed by atoms with Gasteiger partial charge >= 0.3 is 5.97 Å². The van der Waals surface area contributed by atoms with E-state index in [1.807, 2.05) is 32.0 Å². The predicted octanol–water partition coefficient (Wildman–Crippen LogP) is 3.85. The van der Waals surface area contributed by atoms with Gasteiger partial charge in [0.25, 0.3) is 5.56 Å². The zero-order chi connectivity index (χ0) is 20.5. The van der Waals surface area contributed by atoms with Gasteiger partial charge in [0.15, 0.2) is 6.61 Å². The molecule has 0 bridgehead atoms. The number of nitrogens with one attached hydrogen (secondary N) is 1. The van der Waals surface area contributed by atoms with Gasteiger partial charge in [-0.05, 0) is 55.7 Å². The SMILES string of the molecule is Cc1cccc(C)c1OCC(=O)OCc1nc2sc3c(c2c(=O)[nH]1)CCC(C)C3. The van der Waals surface area contributed by atoms with E-state index in [1.54, 1.807) is 11.3 Å². The lowest BCUT2D eigenvalue weighted by Gasteiger charge is -2.17. The van der Waals surface area contributed by atoms with Gasteiger partial charge in [0, 0.05) is 4.88 Å². The first-order chi connectivity index (χ1) is 13.9. The van der Waals surface area contributed by atoms with Gasteiger partial charge in [-0.25, -0.2) is 9.78 Å². The van der Waals surface area contributed by atoms with Crippen LogP contribution in [0.3, 0.4) is 0 Å². The first-order valence-electron chi connectivity index (χ1n) is 9.80. The molecule has 4 rings (SSSR count). The molecular formula is C22H24N2O4S. The molecule has 2 heterocycles. The van der Waals surface area contributed by atoms with Crippen molar-refractivity contribution in [3.63, 3.8) is 0 Å². The van der Waals surface area contributed by atoms with E-state index in [0.717, 1.165) is 40.8 Å². The monoisotopic (exact) mass is 412 g/mol. The van der Waals surface area contributed by atoms with Crippen LogP contribution in [-0.4, -0.2) is 22.5 Å². The Kier molecular flexibility index (Phi) is 5.41. The van der Waals surface area contributed by atoms with Crippen molar-refractivity contribution in [2.45, 2.75) is 46.6 Å². The van der Waals surface area contributed by atoms with E-state index in [4.69, 9.17) is 9.47 Å². The zero-order valence-electron chi connectivity index (χ0n) is 16.8. The number of hydrogen-bond acceptors (Lipinski definition) is 6. The number of carbonyl (C=O) groups excluding carboxylic acids is 1. The van der Waals surface area contributed by atoms with Crippen LogP contribution in [0, 0.1) is 19.8 Å². The van der Waals surface area contributed by atoms with E-state index in [9.17, 15) is 9.59 Å². The number of aryl methyl sites for hydroxylation is 3. The van der Waals surface area contributed by atoms with Gasteiger partial charge in [0.2, 0.25) is 0 Å². The summed E-state index contributed by atoms with van der Waals surface area (Å²) in [5.41, 5.74) is 2.91. The van der Waals surface area contributed by atoms with Crippen LogP contribution in [0.15, 0.2) is 23.0 Å². The number of fused-ring (bicyclic) bond motifs is 3. The van der Waals surface area contributed by atoms with Crippen LogP contribution in [0.2, 0.25) is 0 Å². The molecule has 152 valence electrons. The van der Waals surface area contributed by atoms with Crippen molar-refractivity contribution in [3.05, 3.63) is 55.9 Å². The number of carbonyl (C=O) groups is 1. The predicted molar refractivity (Wildman–Crippen MR) is 113 cm³/mol. The molecule has 1 N–H and O–H groups in total. The van der Waals surface area contributed by atoms with Crippen molar-refractivity contribution in [3.8, 4) is 5.75 Å². The molecule has 1 aliphatic rings. The Bertz CT molecular complexity index is 1110. The van der Waals surface area contributed by atoms with Crippen molar-refractivity contribution in [2.24, 2.45) is 5.92 Å². The van der Waals surface area contributed by atoms with E-state index >= 15 is 0 Å². The second-order valence-electron chi connectivity index (χ2n) is 7.71. The van der Waals surface area contributed by atoms with Crippen molar-refractivity contribution in [2.75, 3.05) is 6.61 Å². The Balaban J connectivity index is 1.43. The van der Waals surface area contributed by atoms with Crippen molar-refractivity contribution < 1.29 is 14.3 Å². The fourth-order valence-electron chi connectivity index (χ4n) is 3.81. The van der Waals surface area contributed by atoms with Crippen molar-refractivity contribution >= 4 is 27.5 Å². The summed E-state index contributed by atoms with van der Waals surface area (Å²) in [6, 6.07) is 5.80. The second kappa shape index (κ2) is 7.99. The van der Waals surface area contributed by atoms with Crippen LogP contribution in [0.1, 0.15) is 40.7 Å². The summed E-state index contributed by atoms with van der Waals surface area (Å²) in [5, 5.41) is 0.699. The Morgan fingerprint density at radius 1 is 1.31 bits per heavy atom. The molecule has 0 saturated heterocycles. The van der Waals surface area contributed by atoms with E-state index in [-0.39, 0.29) is 18.8 Å². The van der Waals surface area contributed by atoms with Gasteiger partial charge in [-0.1, -0.05) is 25.1 Å². The fourth-order valence-corrected chi connectivity index (χ4v) is 5.21. The largest absolute Gasteiger partial charge is 0.481 e. The summed E-state index contributed by atoms with van der Waals surface area (Å²) in [4.78, 5) is 34.0. The highest BCUT2D eigenvalue weighted by molar-refractivity contribution is 7.18. The van der Waals surface area contributed by atoms with Crippen LogP contribution in [0.4, 0.5) is 0 Å². The number of aromatic nitrogens is 2. The molecule has 0 amide bonds. The van der Waals surface area contributed by atoms with Crippen molar-refractivity contribution in [1.82, 2.24) is 9.97 Å². The zero-order valence-corrected chi connectivity index (χ0v) is 17.6. The number of hydrogen-bond donors (Lipinski definition) is 1. The lowest BCUT2D eigenvalue weighted by atomic mass is 9.89. The number of esters is 1. The standard InChI is InChI=1S/C22H24N2O4S/c1-12-7-8-15-16(9-12)29-22-19(15)21(26)23-17(24-22)10-27-18(25)11-28-20-13(2)5-4-6-14(20)3/h4-6,12H,7-11H2,1-3H3,(H,23,24,26). The van der Waals surface area contributed by atoms with E-state index in [2.05, 4.69) is 16.9 Å². The molecule has 1 unspecified atom stereocenters. The molecule has 29 heavy (non-hydrogen) atoms. The summed E-state index contributed by atoms with van der Waals surface area (Å²) in [6.07, 6.45) is 3.01. The van der Waals surface area contributed by atoms with Crippen LogP contribution < -0.4 is 10.3 Å². The minimum Gasteiger partial charge on any atom is -0.481 e. The quantitative estimate of drug-likeness (QED) is 0.644. The van der Waals surface area contributed by atoms with Crippen LogP contribution in [-0.2, 0) is 29.0 Å². The van der Waals surface area contributed by atoms with Gasteiger partial charge < -0.3 is 14.5 Å². The first-order valence-corrected chi connectivity index (χ1v) is 10.6. The maximum absolute atomic E-state index is 12.6. The number of para-hydroxylation sites is 1. The first kappa shape index (κ1) is 19.6. The summed E-state index contributed by atoms with van der Waals surface area (Å²) in [7, 11) is 0. The molecule has 0 spiro atoms. The maximum atomic E-state index is 12.6. The van der Waals surface area contributed by atoms with Gasteiger partial charge in [-0.2, -0.15) is 0 Å². The minimum atomic E-state index is -0.505. The number of ether oxygens (including phenoxy) is 2. The minimum absolute atomic E-state index is 0.0842. The number of thiophene rings is 1. The van der Waals surface area contributed by atoms with Gasteiger partial charge in [0.1, 0.15) is 23.0 Å². The van der Waals surface area contributed by atoms with E-state index in [0.29, 0.717) is 22.9 Å². The Morgan fingerprint density at radius 3 is 2.83 bits per heavy atom. The molecule has 0 fully saturated rings. The molecule has 1 atom stereocenters. The normalized spacial score (nSPS) is 15.9. The number of benzene rings is 1. The van der Waals surface area contributed by atoms with Gasteiger partial charge in [-0.15, -0.1) is 11.3 Å². The molecule has 7 heteroatoms. The smallest absolute Gasteiger partial charge is 0.344 e. The maximum Gasteiger partial charge on any atom is 0.344 e. The third-order valence-electron chi connectivity index (χ3n) is 5.33. The van der Waals surface area contributed by atoms with E-state index < -0.39 is 5.97 Å².